The summed E-state index contributed by atoms with van der Waals surface area (Å²) in [5.74, 6) is -6.31. The predicted octanol–water partition coefficient (Wildman–Crippen LogP) is 0.530. The average Bonchev–Trinajstić information content (AvgIpc) is 2.43. The minimum absolute atomic E-state index is 0.00405. The van der Waals surface area contributed by atoms with Gasteiger partial charge in [-0.15, -0.1) is 0 Å². The Kier molecular flexibility index (Phi) is 6.37. The van der Waals surface area contributed by atoms with Gasteiger partial charge in [0.15, 0.2) is 12.7 Å². The normalized spacial score (nSPS) is 19.2. The highest BCUT2D eigenvalue weighted by molar-refractivity contribution is 7.88. The lowest BCUT2D eigenvalue weighted by atomic mass is 10.1. The monoisotopic (exact) mass is 432 g/mol. The summed E-state index contributed by atoms with van der Waals surface area (Å²) in [5.41, 5.74) is 0. The summed E-state index contributed by atoms with van der Waals surface area (Å²) in [6.07, 6.45) is -15.1. The number of alkyl halides is 6. The third kappa shape index (κ3) is 4.42. The maximum atomic E-state index is 12.8. The Morgan fingerprint density at radius 1 is 1.15 bits per heavy atom. The van der Waals surface area contributed by atoms with Crippen molar-refractivity contribution in [3.05, 3.63) is 0 Å². The molecule has 1 atom stereocenters. The number of cyclic esters (lactones) is 1. The van der Waals surface area contributed by atoms with E-state index in [0.717, 1.165) is 0 Å². The maximum absolute atomic E-state index is 12.8. The molecule has 1 unspecified atom stereocenters. The Balaban J connectivity index is 3.02. The van der Waals surface area contributed by atoms with Crippen LogP contribution < -0.4 is 0 Å². The predicted molar refractivity (Wildman–Crippen MR) is 67.4 cm³/mol. The van der Waals surface area contributed by atoms with E-state index < -0.39 is 57.8 Å². The molecule has 0 aromatic carbocycles. The van der Waals surface area contributed by atoms with E-state index in [4.69, 9.17) is 4.55 Å². The molecule has 9 nitrogen and oxygen atoms in total. The lowest BCUT2D eigenvalue weighted by Crippen LogP contribution is -2.67. The van der Waals surface area contributed by atoms with Crippen LogP contribution in [0.4, 0.5) is 26.3 Å². The Morgan fingerprint density at radius 2 is 1.67 bits per heavy atom. The first-order valence-electron chi connectivity index (χ1n) is 6.69. The Bertz CT molecular complexity index is 697. The number of esters is 3. The molecular weight excluding hydrogens is 422 g/mol. The molecule has 0 radical (unpaired) electrons. The van der Waals surface area contributed by atoms with Crippen LogP contribution in [0.3, 0.4) is 0 Å². The van der Waals surface area contributed by atoms with Crippen molar-refractivity contribution in [3.63, 3.8) is 0 Å². The smallest absolute Gasteiger partial charge is 0.430 e. The molecule has 0 aliphatic carbocycles. The molecule has 1 aliphatic heterocycles. The van der Waals surface area contributed by atoms with Crippen LogP contribution in [0.1, 0.15) is 12.8 Å². The summed E-state index contributed by atoms with van der Waals surface area (Å²) in [4.78, 5) is 33.9. The molecule has 27 heavy (non-hydrogen) atoms. The highest BCUT2D eigenvalue weighted by Gasteiger charge is 2.84. The lowest BCUT2D eigenvalue weighted by molar-refractivity contribution is -0.268. The zero-order valence-corrected chi connectivity index (χ0v) is 13.6. The number of carbonyl (C=O) groups excluding carboxylic acids is 3. The SMILES string of the molecule is O=C(COC(=O)C(C(F)(F)F)(C(F)(F)F)S(=O)(=O)O)OC1CCCOC1=O. The van der Waals surface area contributed by atoms with E-state index in [1.807, 2.05) is 0 Å². The fraction of sp³-hybridized carbons (Fsp3) is 0.727. The van der Waals surface area contributed by atoms with Gasteiger partial charge in [0.2, 0.25) is 0 Å². The first-order valence-corrected chi connectivity index (χ1v) is 8.13. The van der Waals surface area contributed by atoms with E-state index in [1.165, 1.54) is 0 Å². The Hall–Kier alpha value is -2.10. The molecule has 1 aliphatic rings. The summed E-state index contributed by atoms with van der Waals surface area (Å²) >= 11 is 0. The van der Waals surface area contributed by atoms with Gasteiger partial charge in [0.1, 0.15) is 0 Å². The number of rotatable bonds is 5. The first kappa shape index (κ1) is 22.9. The molecule has 0 aromatic rings. The van der Waals surface area contributed by atoms with E-state index in [0.29, 0.717) is 0 Å². The second-order valence-electron chi connectivity index (χ2n) is 5.02. The maximum Gasteiger partial charge on any atom is 0.430 e. The van der Waals surface area contributed by atoms with Crippen molar-refractivity contribution in [2.75, 3.05) is 13.2 Å². The summed E-state index contributed by atoms with van der Waals surface area (Å²) in [5, 5.41) is 0. The van der Waals surface area contributed by atoms with Gasteiger partial charge in [0, 0.05) is 0 Å². The van der Waals surface area contributed by atoms with Gasteiger partial charge in [-0.05, 0) is 12.8 Å². The second-order valence-corrected chi connectivity index (χ2v) is 6.58. The summed E-state index contributed by atoms with van der Waals surface area (Å²) in [7, 11) is -7.18. The van der Waals surface area contributed by atoms with E-state index in [1.54, 1.807) is 0 Å². The van der Waals surface area contributed by atoms with Crippen molar-refractivity contribution in [3.8, 4) is 0 Å². The molecule has 1 fully saturated rings. The van der Waals surface area contributed by atoms with Crippen LogP contribution in [-0.2, 0) is 38.7 Å². The molecule has 0 spiro atoms. The molecule has 156 valence electrons. The average molecular weight is 432 g/mol. The van der Waals surface area contributed by atoms with Gasteiger partial charge >= 0.3 is 45.1 Å². The van der Waals surface area contributed by atoms with Gasteiger partial charge in [0.05, 0.1) is 6.61 Å². The van der Waals surface area contributed by atoms with Crippen LogP contribution in [0.2, 0.25) is 0 Å². The standard InChI is InChI=1S/C11H10F6O9S/c12-10(13,14)9(11(15,16)17,27(21,22)23)8(20)25-4-6(18)26-5-2-1-3-24-7(5)19/h5H,1-4H2,(H,21,22,23). The molecule has 0 amide bonds. The highest BCUT2D eigenvalue weighted by Crippen LogP contribution is 2.49. The quantitative estimate of drug-likeness (QED) is 0.286. The van der Waals surface area contributed by atoms with Crippen LogP contribution in [-0.4, -0.2) is 67.3 Å². The second kappa shape index (κ2) is 7.49. The lowest BCUT2D eigenvalue weighted by Gasteiger charge is -2.31. The minimum atomic E-state index is -7.18. The number of hydrogen-bond acceptors (Lipinski definition) is 8. The molecule has 1 N–H and O–H groups in total. The van der Waals surface area contributed by atoms with Crippen LogP contribution in [0.15, 0.2) is 0 Å². The zero-order chi connectivity index (χ0) is 21.3. The third-order valence-corrected chi connectivity index (χ3v) is 4.59. The van der Waals surface area contributed by atoms with Gasteiger partial charge in [-0.3, -0.25) is 4.55 Å². The van der Waals surface area contributed by atoms with Crippen molar-refractivity contribution in [1.29, 1.82) is 0 Å². The Morgan fingerprint density at radius 3 is 2.07 bits per heavy atom. The minimum Gasteiger partial charge on any atom is -0.463 e. The third-order valence-electron chi connectivity index (χ3n) is 3.19. The fourth-order valence-electron chi connectivity index (χ4n) is 1.97. The van der Waals surface area contributed by atoms with Gasteiger partial charge in [-0.1, -0.05) is 0 Å². The van der Waals surface area contributed by atoms with Crippen molar-refractivity contribution < 1.29 is 67.9 Å². The molecule has 0 saturated carbocycles. The molecule has 1 saturated heterocycles. The van der Waals surface area contributed by atoms with Crippen LogP contribution in [0.25, 0.3) is 0 Å². The number of ether oxygens (including phenoxy) is 3. The molecule has 16 heteroatoms. The largest absolute Gasteiger partial charge is 0.463 e. The molecule has 1 heterocycles. The van der Waals surface area contributed by atoms with E-state index in [2.05, 4.69) is 14.2 Å². The summed E-state index contributed by atoms with van der Waals surface area (Å²) < 4.78 is 113. The van der Waals surface area contributed by atoms with Gasteiger partial charge in [-0.2, -0.15) is 34.8 Å². The van der Waals surface area contributed by atoms with Crippen molar-refractivity contribution in [1.82, 2.24) is 0 Å². The van der Waals surface area contributed by atoms with Gasteiger partial charge in [-0.25, -0.2) is 14.4 Å². The molecule has 0 bridgehead atoms. The highest BCUT2D eigenvalue weighted by atomic mass is 32.2. The van der Waals surface area contributed by atoms with E-state index in [9.17, 15) is 49.1 Å². The van der Waals surface area contributed by atoms with E-state index >= 15 is 0 Å². The fourth-order valence-corrected chi connectivity index (χ4v) is 2.82. The van der Waals surface area contributed by atoms with Crippen molar-refractivity contribution in [2.24, 2.45) is 0 Å². The first-order chi connectivity index (χ1) is 12.1. The Labute approximate surface area is 146 Å². The van der Waals surface area contributed by atoms with E-state index in [-0.39, 0.29) is 19.4 Å². The summed E-state index contributed by atoms with van der Waals surface area (Å²) in [6.45, 7) is -1.90. The van der Waals surface area contributed by atoms with Crippen LogP contribution in [0, 0.1) is 0 Å². The van der Waals surface area contributed by atoms with Crippen LogP contribution in [0.5, 0.6) is 0 Å². The van der Waals surface area contributed by atoms with Crippen molar-refractivity contribution in [2.45, 2.75) is 36.0 Å². The topological polar surface area (TPSA) is 133 Å². The molecular formula is C11H10F6O9S. The van der Waals surface area contributed by atoms with Crippen molar-refractivity contribution >= 4 is 28.0 Å². The van der Waals surface area contributed by atoms with Gasteiger partial charge in [0.25, 0.3) is 0 Å². The molecule has 1 rings (SSSR count). The number of carbonyl (C=O) groups is 3. The molecule has 0 aromatic heterocycles. The zero-order valence-electron chi connectivity index (χ0n) is 12.8. The number of hydrogen-bond donors (Lipinski definition) is 1. The van der Waals surface area contributed by atoms with Gasteiger partial charge < -0.3 is 14.2 Å². The summed E-state index contributed by atoms with van der Waals surface area (Å²) in [6, 6.07) is 0. The number of halogens is 6. The van der Waals surface area contributed by atoms with Crippen LogP contribution >= 0.6 is 0 Å².